The van der Waals surface area contributed by atoms with Crippen molar-refractivity contribution in [1.82, 2.24) is 9.78 Å². The maximum atomic E-state index is 12.1. The molecule has 1 heterocycles. The molecule has 1 aliphatic rings. The summed E-state index contributed by atoms with van der Waals surface area (Å²) in [6, 6.07) is 6.07. The molecule has 31 heavy (non-hydrogen) atoms. The molecule has 2 aromatic rings. The summed E-state index contributed by atoms with van der Waals surface area (Å²) < 4.78 is 1.98. The van der Waals surface area contributed by atoms with Gasteiger partial charge in [-0.3, -0.25) is 4.79 Å². The second kappa shape index (κ2) is 9.67. The van der Waals surface area contributed by atoms with Gasteiger partial charge in [-0.05, 0) is 61.8 Å². The van der Waals surface area contributed by atoms with E-state index < -0.39 is 5.91 Å². The highest BCUT2D eigenvalue weighted by Gasteiger charge is 2.25. The van der Waals surface area contributed by atoms with Gasteiger partial charge in [0.25, 0.3) is 5.91 Å². The van der Waals surface area contributed by atoms with Crippen LogP contribution in [0, 0.1) is 12.3 Å². The number of amides is 1. The Hall–Kier alpha value is -2.63. The van der Waals surface area contributed by atoms with E-state index in [1.54, 1.807) is 6.07 Å². The molecule has 0 spiro atoms. The van der Waals surface area contributed by atoms with Gasteiger partial charge >= 0.3 is 0 Å². The molecule has 0 radical (unpaired) electrons. The Balaban J connectivity index is 2.04. The van der Waals surface area contributed by atoms with Gasteiger partial charge in [0.2, 0.25) is 0 Å². The van der Waals surface area contributed by atoms with Gasteiger partial charge in [-0.15, -0.1) is 0 Å². The van der Waals surface area contributed by atoms with Crippen LogP contribution in [-0.4, -0.2) is 28.0 Å². The van der Waals surface area contributed by atoms with Crippen LogP contribution in [0.2, 0.25) is 0 Å². The van der Waals surface area contributed by atoms with Crippen LogP contribution in [0.15, 0.2) is 18.2 Å². The smallest absolute Gasteiger partial charge is 0.250 e. The van der Waals surface area contributed by atoms with E-state index >= 15 is 0 Å². The summed E-state index contributed by atoms with van der Waals surface area (Å²) >= 11 is 0. The first kappa shape index (κ1) is 23.0. The molecule has 0 aliphatic heterocycles. The monoisotopic (exact) mass is 424 g/mol. The number of nitrogens with one attached hydrogen (secondary N) is 1. The van der Waals surface area contributed by atoms with Crippen LogP contribution in [0.5, 0.6) is 0 Å². The fourth-order valence-corrected chi connectivity index (χ4v) is 4.55. The summed E-state index contributed by atoms with van der Waals surface area (Å²) in [5.41, 5.74) is 11.0. The lowest BCUT2D eigenvalue weighted by atomic mass is 9.84. The third-order valence-corrected chi connectivity index (χ3v) is 6.44. The molecule has 1 aliphatic carbocycles. The predicted molar refractivity (Wildman–Crippen MR) is 125 cm³/mol. The van der Waals surface area contributed by atoms with Crippen LogP contribution in [-0.2, 0) is 17.6 Å². The fraction of sp³-hybridized carbons (Fsp3) is 0.560. The lowest BCUT2D eigenvalue weighted by molar-refractivity contribution is -0.109. The van der Waals surface area contributed by atoms with E-state index in [2.05, 4.69) is 33.0 Å². The minimum atomic E-state index is -0.428. The SMILES string of the molecule is CCc1nn(-c2ccc(C(N)=O)c(NC3CCCCC3)c2)c(CC(C)(C)CC=O)c1C. The second-order valence-electron chi connectivity index (χ2n) is 9.57. The molecule has 3 N–H and O–H groups in total. The van der Waals surface area contributed by atoms with Crippen LogP contribution in [0.1, 0.15) is 86.6 Å². The van der Waals surface area contributed by atoms with Crippen LogP contribution in [0.3, 0.4) is 0 Å². The summed E-state index contributed by atoms with van der Waals surface area (Å²) in [4.78, 5) is 23.2. The number of aldehydes is 1. The molecule has 0 unspecified atom stereocenters. The van der Waals surface area contributed by atoms with E-state index in [9.17, 15) is 9.59 Å². The molecule has 0 bridgehead atoms. The first-order valence-corrected chi connectivity index (χ1v) is 11.5. The first-order valence-electron chi connectivity index (χ1n) is 11.5. The summed E-state index contributed by atoms with van der Waals surface area (Å²) in [5.74, 6) is -0.428. The minimum Gasteiger partial charge on any atom is -0.382 e. The van der Waals surface area contributed by atoms with Crippen molar-refractivity contribution in [2.45, 2.75) is 85.1 Å². The number of carbonyl (C=O) groups is 2. The van der Waals surface area contributed by atoms with E-state index in [0.29, 0.717) is 18.0 Å². The maximum absolute atomic E-state index is 12.1. The van der Waals surface area contributed by atoms with Gasteiger partial charge in [-0.2, -0.15) is 5.10 Å². The van der Waals surface area contributed by atoms with Gasteiger partial charge in [0.05, 0.1) is 16.9 Å². The van der Waals surface area contributed by atoms with E-state index in [1.165, 1.54) is 24.8 Å². The quantitative estimate of drug-likeness (QED) is 0.569. The summed E-state index contributed by atoms with van der Waals surface area (Å²) in [7, 11) is 0. The van der Waals surface area contributed by atoms with Crippen molar-refractivity contribution in [3.63, 3.8) is 0 Å². The zero-order valence-electron chi connectivity index (χ0n) is 19.3. The molecule has 3 rings (SSSR count). The van der Waals surface area contributed by atoms with Gasteiger partial charge in [0.1, 0.15) is 6.29 Å². The highest BCUT2D eigenvalue weighted by Crippen LogP contribution is 2.31. The van der Waals surface area contributed by atoms with Gasteiger partial charge in [-0.25, -0.2) is 4.68 Å². The number of benzene rings is 1. The van der Waals surface area contributed by atoms with Crippen molar-refractivity contribution >= 4 is 17.9 Å². The molecule has 1 amide bonds. The van der Waals surface area contributed by atoms with E-state index in [-0.39, 0.29) is 5.41 Å². The normalized spacial score (nSPS) is 15.1. The summed E-state index contributed by atoms with van der Waals surface area (Å²) in [6.07, 6.45) is 8.96. The first-order chi connectivity index (χ1) is 14.8. The van der Waals surface area contributed by atoms with Crippen LogP contribution in [0.25, 0.3) is 5.69 Å². The number of aromatic nitrogens is 2. The zero-order chi connectivity index (χ0) is 22.6. The highest BCUT2D eigenvalue weighted by atomic mass is 16.1. The van der Waals surface area contributed by atoms with E-state index in [1.807, 2.05) is 16.8 Å². The number of nitrogens with zero attached hydrogens (tertiary/aromatic N) is 2. The highest BCUT2D eigenvalue weighted by molar-refractivity contribution is 5.99. The zero-order valence-corrected chi connectivity index (χ0v) is 19.3. The Bertz CT molecular complexity index is 939. The molecule has 1 aromatic heterocycles. The number of aryl methyl sites for hydroxylation is 1. The van der Waals surface area contributed by atoms with Crippen LogP contribution < -0.4 is 11.1 Å². The van der Waals surface area contributed by atoms with Crippen molar-refractivity contribution in [2.75, 3.05) is 5.32 Å². The van der Waals surface area contributed by atoms with Gasteiger partial charge < -0.3 is 15.8 Å². The fourth-order valence-electron chi connectivity index (χ4n) is 4.55. The number of nitrogens with two attached hydrogens (primary N) is 1. The average molecular weight is 425 g/mol. The molecule has 0 saturated heterocycles. The Morgan fingerprint density at radius 2 is 2.00 bits per heavy atom. The number of primary amides is 1. The molecular weight excluding hydrogens is 388 g/mol. The average Bonchev–Trinajstić information content (AvgIpc) is 3.03. The van der Waals surface area contributed by atoms with Crippen LogP contribution in [0.4, 0.5) is 5.69 Å². The molecule has 1 saturated carbocycles. The molecule has 168 valence electrons. The van der Waals surface area contributed by atoms with Crippen molar-refractivity contribution in [3.8, 4) is 5.69 Å². The van der Waals surface area contributed by atoms with Crippen molar-refractivity contribution in [1.29, 1.82) is 0 Å². The number of rotatable bonds is 9. The lowest BCUT2D eigenvalue weighted by Gasteiger charge is -2.25. The maximum Gasteiger partial charge on any atom is 0.250 e. The molecule has 1 fully saturated rings. The summed E-state index contributed by atoms with van der Waals surface area (Å²) in [6.45, 7) is 8.42. The Morgan fingerprint density at radius 1 is 1.29 bits per heavy atom. The third kappa shape index (κ3) is 5.35. The second-order valence-corrected chi connectivity index (χ2v) is 9.57. The van der Waals surface area contributed by atoms with E-state index in [4.69, 9.17) is 10.8 Å². The lowest BCUT2D eigenvalue weighted by Crippen LogP contribution is -2.25. The van der Waals surface area contributed by atoms with Crippen molar-refractivity contribution < 1.29 is 9.59 Å². The van der Waals surface area contributed by atoms with E-state index in [0.717, 1.165) is 54.7 Å². The van der Waals surface area contributed by atoms with Gasteiger partial charge in [0.15, 0.2) is 0 Å². The number of anilines is 1. The molecule has 6 nitrogen and oxygen atoms in total. The third-order valence-electron chi connectivity index (χ3n) is 6.44. The largest absolute Gasteiger partial charge is 0.382 e. The van der Waals surface area contributed by atoms with Crippen LogP contribution >= 0.6 is 0 Å². The number of hydrogen-bond donors (Lipinski definition) is 2. The molecule has 1 aromatic carbocycles. The number of carbonyl (C=O) groups excluding carboxylic acids is 2. The minimum absolute atomic E-state index is 0.161. The Labute approximate surface area is 185 Å². The summed E-state index contributed by atoms with van der Waals surface area (Å²) in [5, 5.41) is 8.47. The van der Waals surface area contributed by atoms with Crippen molar-refractivity contribution in [2.24, 2.45) is 11.1 Å². The number of hydrogen-bond acceptors (Lipinski definition) is 4. The topological polar surface area (TPSA) is 90.0 Å². The Kier molecular flexibility index (Phi) is 7.19. The molecule has 6 heteroatoms. The molecule has 0 atom stereocenters. The predicted octanol–water partition coefficient (Wildman–Crippen LogP) is 4.74. The van der Waals surface area contributed by atoms with Gasteiger partial charge in [0, 0.05) is 23.8 Å². The van der Waals surface area contributed by atoms with Gasteiger partial charge in [-0.1, -0.05) is 40.0 Å². The molecular formula is C25H36N4O2. The Morgan fingerprint density at radius 3 is 2.61 bits per heavy atom. The van der Waals surface area contributed by atoms with Crippen molar-refractivity contribution in [3.05, 3.63) is 40.7 Å². The standard InChI is InChI=1S/C25H36N4O2/c1-5-21-17(2)23(16-25(3,4)13-14-30)29(28-21)19-11-12-20(24(26)31)22(15-19)27-18-9-7-6-8-10-18/h11-12,14-15,18,27H,5-10,13,16H2,1-4H3,(H2,26,31).